The number of para-hydroxylation sites is 1. The highest BCUT2D eigenvalue weighted by Gasteiger charge is 2.19. The normalized spacial score (nSPS) is 11.8. The zero-order valence-electron chi connectivity index (χ0n) is 16.4. The molecular formula is C21H26FN3O3. The number of ether oxygens (including phenoxy) is 1. The van der Waals surface area contributed by atoms with Crippen molar-refractivity contribution in [3.63, 3.8) is 0 Å². The minimum Gasteiger partial charge on any atom is -0.496 e. The van der Waals surface area contributed by atoms with Crippen molar-refractivity contribution >= 4 is 11.8 Å². The summed E-state index contributed by atoms with van der Waals surface area (Å²) in [6.45, 7) is 0.228. The van der Waals surface area contributed by atoms with Gasteiger partial charge in [-0.3, -0.25) is 9.59 Å². The second kappa shape index (κ2) is 10.4. The SMILES string of the molecule is COc1ccccc1C(CNC(=O)CNC(=O)Cc1cccc(F)c1)N(C)C. The highest BCUT2D eigenvalue weighted by Crippen LogP contribution is 2.27. The molecule has 2 rings (SSSR count). The first-order chi connectivity index (χ1) is 13.4. The van der Waals surface area contributed by atoms with Crippen LogP contribution in [0.15, 0.2) is 48.5 Å². The second-order valence-electron chi connectivity index (χ2n) is 6.61. The lowest BCUT2D eigenvalue weighted by Gasteiger charge is -2.26. The molecule has 2 aromatic carbocycles. The number of nitrogens with zero attached hydrogens (tertiary/aromatic N) is 1. The smallest absolute Gasteiger partial charge is 0.239 e. The molecule has 2 N–H and O–H groups in total. The van der Waals surface area contributed by atoms with Crippen molar-refractivity contribution in [3.05, 3.63) is 65.5 Å². The topological polar surface area (TPSA) is 70.7 Å². The third kappa shape index (κ3) is 6.35. The molecule has 0 fully saturated rings. The number of amides is 2. The Labute approximate surface area is 164 Å². The van der Waals surface area contributed by atoms with Gasteiger partial charge in [0.15, 0.2) is 0 Å². The van der Waals surface area contributed by atoms with E-state index in [0.717, 1.165) is 11.3 Å². The number of nitrogens with one attached hydrogen (secondary N) is 2. The van der Waals surface area contributed by atoms with Crippen molar-refractivity contribution in [3.8, 4) is 5.75 Å². The maximum absolute atomic E-state index is 13.2. The van der Waals surface area contributed by atoms with Crippen molar-refractivity contribution in [2.75, 3.05) is 34.3 Å². The van der Waals surface area contributed by atoms with Crippen LogP contribution in [0.5, 0.6) is 5.75 Å². The lowest BCUT2D eigenvalue weighted by molar-refractivity contribution is -0.125. The van der Waals surface area contributed by atoms with E-state index in [0.29, 0.717) is 12.1 Å². The lowest BCUT2D eigenvalue weighted by atomic mass is 10.0. The molecule has 0 aromatic heterocycles. The predicted octanol–water partition coefficient (Wildman–Crippen LogP) is 1.91. The van der Waals surface area contributed by atoms with Crippen LogP contribution in [0.1, 0.15) is 17.2 Å². The molecule has 0 aliphatic heterocycles. The first kappa shape index (κ1) is 21.4. The van der Waals surface area contributed by atoms with Crippen LogP contribution in [-0.4, -0.2) is 51.0 Å². The first-order valence-electron chi connectivity index (χ1n) is 8.98. The summed E-state index contributed by atoms with van der Waals surface area (Å²) in [5.74, 6) is -0.281. The van der Waals surface area contributed by atoms with E-state index >= 15 is 0 Å². The Morgan fingerprint density at radius 2 is 1.82 bits per heavy atom. The lowest BCUT2D eigenvalue weighted by Crippen LogP contribution is -2.41. The molecule has 1 atom stereocenters. The Morgan fingerprint density at radius 1 is 1.07 bits per heavy atom. The molecule has 0 radical (unpaired) electrons. The fourth-order valence-electron chi connectivity index (χ4n) is 2.86. The number of benzene rings is 2. The first-order valence-corrected chi connectivity index (χ1v) is 8.98. The van der Waals surface area contributed by atoms with Gasteiger partial charge in [0.1, 0.15) is 11.6 Å². The van der Waals surface area contributed by atoms with Crippen LogP contribution in [0.2, 0.25) is 0 Å². The van der Waals surface area contributed by atoms with Gasteiger partial charge in [-0.1, -0.05) is 30.3 Å². The molecular weight excluding hydrogens is 361 g/mol. The van der Waals surface area contributed by atoms with Crippen molar-refractivity contribution in [1.29, 1.82) is 0 Å². The van der Waals surface area contributed by atoms with Crippen molar-refractivity contribution in [1.82, 2.24) is 15.5 Å². The molecule has 1 unspecified atom stereocenters. The largest absolute Gasteiger partial charge is 0.496 e. The highest BCUT2D eigenvalue weighted by atomic mass is 19.1. The van der Waals surface area contributed by atoms with Gasteiger partial charge >= 0.3 is 0 Å². The zero-order chi connectivity index (χ0) is 20.5. The molecule has 150 valence electrons. The molecule has 2 amide bonds. The quantitative estimate of drug-likeness (QED) is 0.690. The van der Waals surface area contributed by atoms with E-state index in [9.17, 15) is 14.0 Å². The molecule has 0 spiro atoms. The fourth-order valence-corrected chi connectivity index (χ4v) is 2.86. The van der Waals surface area contributed by atoms with Crippen LogP contribution in [0.25, 0.3) is 0 Å². The number of halogens is 1. The van der Waals surface area contributed by atoms with Gasteiger partial charge in [0.05, 0.1) is 26.1 Å². The Morgan fingerprint density at radius 3 is 2.50 bits per heavy atom. The molecule has 0 heterocycles. The summed E-state index contributed by atoms with van der Waals surface area (Å²) in [7, 11) is 5.45. The van der Waals surface area contributed by atoms with Crippen LogP contribution >= 0.6 is 0 Å². The Bertz CT molecular complexity index is 811. The molecule has 28 heavy (non-hydrogen) atoms. The minimum atomic E-state index is -0.394. The average molecular weight is 387 g/mol. The van der Waals surface area contributed by atoms with Crippen molar-refractivity contribution < 1.29 is 18.7 Å². The Hall–Kier alpha value is -2.93. The summed E-state index contributed by atoms with van der Waals surface area (Å²) in [6, 6.07) is 13.4. The van der Waals surface area contributed by atoms with Gasteiger partial charge in [0.25, 0.3) is 0 Å². The zero-order valence-corrected chi connectivity index (χ0v) is 16.4. The summed E-state index contributed by atoms with van der Waals surface area (Å²) in [4.78, 5) is 26.1. The number of hydrogen-bond donors (Lipinski definition) is 2. The van der Waals surface area contributed by atoms with E-state index in [1.54, 1.807) is 19.2 Å². The van der Waals surface area contributed by atoms with Gasteiger partial charge in [-0.15, -0.1) is 0 Å². The van der Waals surface area contributed by atoms with Gasteiger partial charge in [0, 0.05) is 12.1 Å². The maximum atomic E-state index is 13.2. The van der Waals surface area contributed by atoms with Crippen molar-refractivity contribution in [2.45, 2.75) is 12.5 Å². The molecule has 0 aliphatic rings. The molecule has 0 saturated carbocycles. The number of carbonyl (C=O) groups is 2. The molecule has 0 aliphatic carbocycles. The van der Waals surface area contributed by atoms with E-state index < -0.39 is 5.82 Å². The number of carbonyl (C=O) groups excluding carboxylic acids is 2. The van der Waals surface area contributed by atoms with Gasteiger partial charge in [0.2, 0.25) is 11.8 Å². The van der Waals surface area contributed by atoms with Crippen LogP contribution in [0, 0.1) is 5.82 Å². The second-order valence-corrected chi connectivity index (χ2v) is 6.61. The number of hydrogen-bond acceptors (Lipinski definition) is 4. The van der Waals surface area contributed by atoms with Crippen LogP contribution in [-0.2, 0) is 16.0 Å². The minimum absolute atomic E-state index is 0.0204. The van der Waals surface area contributed by atoms with E-state index in [1.165, 1.54) is 12.1 Å². The Kier molecular flexibility index (Phi) is 7.95. The fraction of sp³-hybridized carbons (Fsp3) is 0.333. The molecule has 2 aromatic rings. The van der Waals surface area contributed by atoms with E-state index in [4.69, 9.17) is 4.74 Å². The maximum Gasteiger partial charge on any atom is 0.239 e. The standard InChI is InChI=1S/C21H26FN3O3/c1-25(2)18(17-9-4-5-10-19(17)28-3)13-23-21(27)14-24-20(26)12-15-7-6-8-16(22)11-15/h4-11,18H,12-14H2,1-3H3,(H,23,27)(H,24,26). The van der Waals surface area contributed by atoms with Gasteiger partial charge in [-0.2, -0.15) is 0 Å². The number of rotatable bonds is 9. The molecule has 6 nitrogen and oxygen atoms in total. The van der Waals surface area contributed by atoms with Crippen LogP contribution in [0.3, 0.4) is 0 Å². The van der Waals surface area contributed by atoms with Crippen molar-refractivity contribution in [2.24, 2.45) is 0 Å². The summed E-state index contributed by atoms with van der Waals surface area (Å²) in [6.07, 6.45) is 0.0204. The number of likely N-dealkylation sites (N-methyl/N-ethyl adjacent to an activating group) is 1. The van der Waals surface area contributed by atoms with Crippen LogP contribution < -0.4 is 15.4 Å². The predicted molar refractivity (Wildman–Crippen MR) is 106 cm³/mol. The average Bonchev–Trinajstić information content (AvgIpc) is 2.66. The molecule has 7 heteroatoms. The van der Waals surface area contributed by atoms with Gasteiger partial charge in [-0.25, -0.2) is 4.39 Å². The van der Waals surface area contributed by atoms with Gasteiger partial charge < -0.3 is 20.3 Å². The van der Waals surface area contributed by atoms with E-state index in [-0.39, 0.29) is 30.8 Å². The van der Waals surface area contributed by atoms with E-state index in [1.807, 2.05) is 43.3 Å². The third-order valence-corrected chi connectivity index (χ3v) is 4.31. The molecule has 0 saturated heterocycles. The highest BCUT2D eigenvalue weighted by molar-refractivity contribution is 5.85. The monoisotopic (exact) mass is 387 g/mol. The number of methoxy groups -OCH3 is 1. The third-order valence-electron chi connectivity index (χ3n) is 4.31. The Balaban J connectivity index is 1.85. The molecule has 0 bridgehead atoms. The van der Waals surface area contributed by atoms with Gasteiger partial charge in [-0.05, 0) is 37.9 Å². The van der Waals surface area contributed by atoms with Crippen LogP contribution in [0.4, 0.5) is 4.39 Å². The summed E-state index contributed by atoms with van der Waals surface area (Å²) in [5, 5.41) is 5.39. The summed E-state index contributed by atoms with van der Waals surface area (Å²) in [5.41, 5.74) is 1.52. The summed E-state index contributed by atoms with van der Waals surface area (Å²) >= 11 is 0. The van der Waals surface area contributed by atoms with E-state index in [2.05, 4.69) is 10.6 Å². The summed E-state index contributed by atoms with van der Waals surface area (Å²) < 4.78 is 18.6.